The Hall–Kier alpha value is -1.66. The van der Waals surface area contributed by atoms with Crippen LogP contribution in [0.4, 0.5) is 0 Å². The Labute approximate surface area is 233 Å². The van der Waals surface area contributed by atoms with E-state index in [-0.39, 0.29) is 35.4 Å². The molecular formula is C28H37IO8. The van der Waals surface area contributed by atoms with Crippen LogP contribution in [-0.4, -0.2) is 69.5 Å². The normalized spacial score (nSPS) is 32.3. The Kier molecular flexibility index (Phi) is 9.21. The molecule has 6 atom stereocenters. The van der Waals surface area contributed by atoms with E-state index < -0.39 is 5.97 Å². The van der Waals surface area contributed by atoms with Gasteiger partial charge < -0.3 is 31.5 Å². The summed E-state index contributed by atoms with van der Waals surface area (Å²) in [5, 5.41) is 0. The first-order chi connectivity index (χ1) is 17.8. The molecule has 3 fully saturated rings. The average molecular weight is 629 g/mol. The summed E-state index contributed by atoms with van der Waals surface area (Å²) >= 11 is 1.82. The van der Waals surface area contributed by atoms with Crippen LogP contribution in [0.25, 0.3) is 6.08 Å². The van der Waals surface area contributed by atoms with Gasteiger partial charge in [-0.3, -0.25) is 0 Å². The first kappa shape index (κ1) is 28.4. The van der Waals surface area contributed by atoms with Gasteiger partial charge in [-0.05, 0) is 63.8 Å². The zero-order valence-corrected chi connectivity index (χ0v) is 24.3. The topological polar surface area (TPSA) is 88.3 Å². The van der Waals surface area contributed by atoms with Crippen molar-refractivity contribution < 1.29 is 36.3 Å². The second-order valence-electron chi connectivity index (χ2n) is 10.3. The highest BCUT2D eigenvalue weighted by Gasteiger charge is 2.72. The highest BCUT2D eigenvalue weighted by molar-refractivity contribution is 14.1. The monoisotopic (exact) mass is 628 g/mol. The number of hydrogen-bond acceptors (Lipinski definition) is 8. The van der Waals surface area contributed by atoms with E-state index in [1.807, 2.05) is 35.1 Å². The minimum absolute atomic E-state index is 0.0103. The summed E-state index contributed by atoms with van der Waals surface area (Å²) in [4.78, 5) is 12.8. The van der Waals surface area contributed by atoms with Crippen LogP contribution in [0.2, 0.25) is 0 Å². The highest BCUT2D eigenvalue weighted by atomic mass is 127. The Balaban J connectivity index is 1.42. The number of benzene rings is 1. The number of esters is 1. The van der Waals surface area contributed by atoms with Crippen molar-refractivity contribution in [2.45, 2.75) is 69.5 Å². The van der Waals surface area contributed by atoms with E-state index in [1.165, 1.54) is 11.6 Å². The number of epoxide rings is 2. The van der Waals surface area contributed by atoms with Crippen LogP contribution in [0.15, 0.2) is 35.9 Å². The molecule has 1 aliphatic carbocycles. The largest absolute Gasteiger partial charge is 0.493 e. The van der Waals surface area contributed by atoms with Crippen molar-refractivity contribution in [3.8, 4) is 11.5 Å². The fraction of sp³-hybridized carbons (Fsp3) is 0.607. The standard InChI is InChI=1S/C28H37IO8/c1-18(2)6-10-23-27(3,37-23)26-25(32-5)21(12-13-28(26)17-34-28)36-24(30)11-8-19-7-9-20(31-4)22(16-19)33-14-15-35-29/h6-9,11,16,21,23,25-26H,10,12-15,17H2,1-5H3/b11-8+/t21-,23?,25-,26-,27?,28?/m1/s1. The lowest BCUT2D eigenvalue weighted by Crippen LogP contribution is -2.55. The molecule has 1 spiro atoms. The molecule has 1 aromatic carbocycles. The molecule has 2 heterocycles. The van der Waals surface area contributed by atoms with Crippen LogP contribution in [0, 0.1) is 5.92 Å². The SMILES string of the molecule is COc1ccc(/C=C/C(=O)O[C@@H]2CCC3(CO3)[C@@H](C3(C)OC3CC=C(C)C)[C@@H]2OC)cc1OCCOI. The van der Waals surface area contributed by atoms with E-state index in [9.17, 15) is 4.79 Å². The number of carbonyl (C=O) groups excluding carboxylic acids is 1. The third-order valence-corrected chi connectivity index (χ3v) is 7.96. The average Bonchev–Trinajstić information content (AvgIpc) is 3.79. The van der Waals surface area contributed by atoms with Gasteiger partial charge in [0.2, 0.25) is 0 Å². The van der Waals surface area contributed by atoms with Gasteiger partial charge in [0.25, 0.3) is 0 Å². The number of ether oxygens (including phenoxy) is 6. The predicted octanol–water partition coefficient (Wildman–Crippen LogP) is 5.07. The molecule has 2 saturated heterocycles. The second kappa shape index (κ2) is 12.0. The molecule has 8 nitrogen and oxygen atoms in total. The lowest BCUT2D eigenvalue weighted by atomic mass is 9.68. The van der Waals surface area contributed by atoms with Crippen molar-refractivity contribution in [1.29, 1.82) is 0 Å². The van der Waals surface area contributed by atoms with Crippen molar-refractivity contribution in [3.63, 3.8) is 0 Å². The third kappa shape index (κ3) is 6.50. The van der Waals surface area contributed by atoms with Crippen molar-refractivity contribution in [1.82, 2.24) is 0 Å². The number of methoxy groups -OCH3 is 2. The minimum Gasteiger partial charge on any atom is -0.493 e. The second-order valence-corrected chi connectivity index (χ2v) is 10.9. The molecule has 204 valence electrons. The maximum absolute atomic E-state index is 12.8. The van der Waals surface area contributed by atoms with Gasteiger partial charge in [0, 0.05) is 13.2 Å². The number of halogens is 1. The van der Waals surface area contributed by atoms with Gasteiger partial charge in [-0.2, -0.15) is 0 Å². The van der Waals surface area contributed by atoms with Gasteiger partial charge in [0.05, 0.1) is 32.3 Å². The Morgan fingerprint density at radius 2 is 2.00 bits per heavy atom. The summed E-state index contributed by atoms with van der Waals surface area (Å²) in [6.45, 7) is 7.85. The molecular weight excluding hydrogens is 591 g/mol. The molecule has 2 aliphatic heterocycles. The van der Waals surface area contributed by atoms with Crippen molar-refractivity contribution in [2.24, 2.45) is 5.92 Å². The van der Waals surface area contributed by atoms with Crippen molar-refractivity contribution >= 4 is 35.1 Å². The molecule has 37 heavy (non-hydrogen) atoms. The molecule has 0 N–H and O–H groups in total. The van der Waals surface area contributed by atoms with Gasteiger partial charge >= 0.3 is 5.97 Å². The van der Waals surface area contributed by atoms with Crippen LogP contribution >= 0.6 is 23.0 Å². The van der Waals surface area contributed by atoms with Gasteiger partial charge in [-0.15, -0.1) is 0 Å². The molecule has 3 aliphatic rings. The first-order valence-electron chi connectivity index (χ1n) is 12.7. The Bertz CT molecular complexity index is 1020. The van der Waals surface area contributed by atoms with E-state index >= 15 is 0 Å². The van der Waals surface area contributed by atoms with E-state index in [2.05, 4.69) is 26.8 Å². The summed E-state index contributed by atoms with van der Waals surface area (Å²) in [6, 6.07) is 5.47. The van der Waals surface area contributed by atoms with E-state index in [4.69, 9.17) is 31.5 Å². The molecule has 1 saturated carbocycles. The molecule has 3 unspecified atom stereocenters. The summed E-state index contributed by atoms with van der Waals surface area (Å²) in [5.74, 6) is 0.761. The number of hydrogen-bond donors (Lipinski definition) is 0. The molecule has 0 amide bonds. The molecule has 1 aromatic rings. The number of carbonyl (C=O) groups is 1. The van der Waals surface area contributed by atoms with Gasteiger partial charge in [0.15, 0.2) is 11.5 Å². The summed E-state index contributed by atoms with van der Waals surface area (Å²) in [6.07, 6.45) is 7.12. The summed E-state index contributed by atoms with van der Waals surface area (Å²) < 4.78 is 40.2. The van der Waals surface area contributed by atoms with Crippen molar-refractivity contribution in [2.75, 3.05) is 34.0 Å². The lowest BCUT2D eigenvalue weighted by Gasteiger charge is -2.42. The molecule has 9 heteroatoms. The van der Waals surface area contributed by atoms with Crippen LogP contribution in [0.1, 0.15) is 45.6 Å². The lowest BCUT2D eigenvalue weighted by molar-refractivity contribution is -0.166. The summed E-state index contributed by atoms with van der Waals surface area (Å²) in [5.41, 5.74) is 1.44. The van der Waals surface area contributed by atoms with E-state index in [0.717, 1.165) is 18.4 Å². The maximum atomic E-state index is 12.8. The van der Waals surface area contributed by atoms with Crippen LogP contribution < -0.4 is 9.47 Å². The Morgan fingerprint density at radius 1 is 1.22 bits per heavy atom. The fourth-order valence-electron chi connectivity index (χ4n) is 5.52. The van der Waals surface area contributed by atoms with E-state index in [1.54, 1.807) is 26.4 Å². The van der Waals surface area contributed by atoms with E-state index in [0.29, 0.717) is 37.7 Å². The zero-order chi connectivity index (χ0) is 26.6. The zero-order valence-electron chi connectivity index (χ0n) is 22.2. The fourth-order valence-corrected chi connectivity index (χ4v) is 5.70. The molecule has 0 radical (unpaired) electrons. The van der Waals surface area contributed by atoms with Crippen LogP contribution in [0.3, 0.4) is 0 Å². The smallest absolute Gasteiger partial charge is 0.331 e. The van der Waals surface area contributed by atoms with Gasteiger partial charge in [0.1, 0.15) is 53.0 Å². The third-order valence-electron chi connectivity index (χ3n) is 7.52. The van der Waals surface area contributed by atoms with Crippen LogP contribution in [-0.2, 0) is 26.8 Å². The molecule has 0 aromatic heterocycles. The highest BCUT2D eigenvalue weighted by Crippen LogP contribution is 2.59. The first-order valence-corrected chi connectivity index (χ1v) is 13.6. The van der Waals surface area contributed by atoms with Gasteiger partial charge in [-0.25, -0.2) is 4.79 Å². The predicted molar refractivity (Wildman–Crippen MR) is 147 cm³/mol. The quantitative estimate of drug-likeness (QED) is 0.0792. The van der Waals surface area contributed by atoms with Crippen LogP contribution in [0.5, 0.6) is 11.5 Å². The van der Waals surface area contributed by atoms with Gasteiger partial charge in [-0.1, -0.05) is 17.7 Å². The minimum atomic E-state index is -0.418. The Morgan fingerprint density at radius 3 is 2.65 bits per heavy atom. The number of rotatable bonds is 12. The number of allylic oxidation sites excluding steroid dienone is 1. The summed E-state index contributed by atoms with van der Waals surface area (Å²) in [7, 11) is 3.26. The molecule has 0 bridgehead atoms. The van der Waals surface area contributed by atoms with Crippen molar-refractivity contribution in [3.05, 3.63) is 41.5 Å². The maximum Gasteiger partial charge on any atom is 0.331 e. The molecule has 4 rings (SSSR count).